The molecule has 0 radical (unpaired) electrons. The molecule has 0 saturated heterocycles. The highest BCUT2D eigenvalue weighted by Gasteiger charge is 2.30. The molecule has 0 saturated carbocycles. The second kappa shape index (κ2) is 6.72. The minimum absolute atomic E-state index is 0.172. The van der Waals surface area contributed by atoms with Crippen molar-refractivity contribution in [3.05, 3.63) is 95.1 Å². The summed E-state index contributed by atoms with van der Waals surface area (Å²) in [5.74, 6) is -2.09. The van der Waals surface area contributed by atoms with Crippen LogP contribution in [0.4, 0.5) is 0 Å². The van der Waals surface area contributed by atoms with Gasteiger partial charge in [-0.1, -0.05) is 48.5 Å². The summed E-state index contributed by atoms with van der Waals surface area (Å²) in [5.41, 5.74) is 3.51. The Morgan fingerprint density at radius 1 is 0.481 bits per heavy atom. The van der Waals surface area contributed by atoms with Crippen molar-refractivity contribution >= 4 is 23.1 Å². The molecular weight excluding hydrogens is 340 g/mol. The molecule has 0 fully saturated rings. The molecular formula is C23H16O4. The SMILES string of the molecule is O=C1C=CC(=O)C1c1ccc(Cc2ccc(C3C(=O)C=CC3=O)cc2)cc1. The maximum Gasteiger partial charge on any atom is 0.171 e. The van der Waals surface area contributed by atoms with Crippen molar-refractivity contribution in [2.75, 3.05) is 0 Å². The van der Waals surface area contributed by atoms with Gasteiger partial charge in [-0.15, -0.1) is 0 Å². The van der Waals surface area contributed by atoms with Crippen LogP contribution in [-0.2, 0) is 25.6 Å². The lowest BCUT2D eigenvalue weighted by Gasteiger charge is -2.10. The summed E-state index contributed by atoms with van der Waals surface area (Å²) in [6, 6.07) is 14.9. The Morgan fingerprint density at radius 2 is 0.778 bits per heavy atom. The normalized spacial score (nSPS) is 17.5. The number of rotatable bonds is 4. The van der Waals surface area contributed by atoms with Gasteiger partial charge in [0.15, 0.2) is 23.1 Å². The smallest absolute Gasteiger partial charge is 0.171 e. The number of ketones is 4. The van der Waals surface area contributed by atoms with Gasteiger partial charge in [0.05, 0.1) is 0 Å². The van der Waals surface area contributed by atoms with Gasteiger partial charge in [0, 0.05) is 0 Å². The van der Waals surface area contributed by atoms with Gasteiger partial charge in [0.1, 0.15) is 11.8 Å². The van der Waals surface area contributed by atoms with Gasteiger partial charge in [0.25, 0.3) is 0 Å². The largest absolute Gasteiger partial charge is 0.294 e. The minimum Gasteiger partial charge on any atom is -0.294 e. The summed E-state index contributed by atoms with van der Waals surface area (Å²) >= 11 is 0. The molecule has 2 aliphatic carbocycles. The fourth-order valence-corrected chi connectivity index (χ4v) is 3.54. The zero-order chi connectivity index (χ0) is 19.0. The molecule has 132 valence electrons. The molecule has 0 amide bonds. The van der Waals surface area contributed by atoms with Gasteiger partial charge in [-0.05, 0) is 53.0 Å². The molecule has 2 aromatic rings. The number of hydrogen-bond donors (Lipinski definition) is 0. The van der Waals surface area contributed by atoms with E-state index in [1.165, 1.54) is 24.3 Å². The molecule has 0 aliphatic heterocycles. The summed E-state index contributed by atoms with van der Waals surface area (Å²) in [7, 11) is 0. The Balaban J connectivity index is 1.47. The summed E-state index contributed by atoms with van der Waals surface area (Å²) in [6.07, 6.45) is 6.00. The quantitative estimate of drug-likeness (QED) is 0.790. The monoisotopic (exact) mass is 356 g/mol. The zero-order valence-electron chi connectivity index (χ0n) is 14.4. The Kier molecular flexibility index (Phi) is 4.24. The molecule has 0 heterocycles. The number of benzene rings is 2. The number of allylic oxidation sites excluding steroid dienone is 4. The van der Waals surface area contributed by atoms with Crippen LogP contribution < -0.4 is 0 Å². The third kappa shape index (κ3) is 3.22. The van der Waals surface area contributed by atoms with E-state index in [0.29, 0.717) is 17.5 Å². The summed E-state index contributed by atoms with van der Waals surface area (Å²) in [5, 5.41) is 0. The Bertz CT molecular complexity index is 888. The van der Waals surface area contributed by atoms with E-state index < -0.39 is 11.8 Å². The molecule has 2 aliphatic rings. The van der Waals surface area contributed by atoms with E-state index in [4.69, 9.17) is 0 Å². The fraction of sp³-hybridized carbons (Fsp3) is 0.130. The van der Waals surface area contributed by atoms with Gasteiger partial charge >= 0.3 is 0 Å². The average Bonchev–Trinajstić information content (AvgIpc) is 3.18. The van der Waals surface area contributed by atoms with Gasteiger partial charge in [-0.25, -0.2) is 0 Å². The maximum absolute atomic E-state index is 11.8. The van der Waals surface area contributed by atoms with E-state index in [9.17, 15) is 19.2 Å². The van der Waals surface area contributed by atoms with Crippen LogP contribution >= 0.6 is 0 Å². The van der Waals surface area contributed by atoms with Crippen LogP contribution in [0, 0.1) is 0 Å². The molecule has 0 atom stereocenters. The highest BCUT2D eigenvalue weighted by molar-refractivity contribution is 6.23. The van der Waals surface area contributed by atoms with E-state index in [2.05, 4.69) is 0 Å². The second-order valence-corrected chi connectivity index (χ2v) is 6.80. The molecule has 4 rings (SSSR count). The predicted molar refractivity (Wildman–Crippen MR) is 99.5 cm³/mol. The molecule has 0 bridgehead atoms. The molecule has 0 N–H and O–H groups in total. The first-order valence-corrected chi connectivity index (χ1v) is 8.72. The van der Waals surface area contributed by atoms with Crippen LogP contribution in [0.1, 0.15) is 34.1 Å². The van der Waals surface area contributed by atoms with Crippen LogP contribution in [0.5, 0.6) is 0 Å². The molecule has 27 heavy (non-hydrogen) atoms. The molecule has 4 nitrogen and oxygen atoms in total. The highest BCUT2D eigenvalue weighted by Crippen LogP contribution is 2.26. The first kappa shape index (κ1) is 17.0. The van der Waals surface area contributed by atoms with Gasteiger partial charge < -0.3 is 0 Å². The van der Waals surface area contributed by atoms with Crippen LogP contribution in [0.15, 0.2) is 72.8 Å². The molecule has 0 aromatic heterocycles. The first-order valence-electron chi connectivity index (χ1n) is 8.72. The lowest BCUT2D eigenvalue weighted by atomic mass is 9.92. The third-order valence-electron chi connectivity index (χ3n) is 5.00. The first-order chi connectivity index (χ1) is 13.0. The standard InChI is InChI=1S/C23H16O4/c24-18-9-10-19(25)22(18)16-5-1-14(2-6-16)13-15-3-7-17(8-4-15)23-20(26)11-12-21(23)27/h1-12,22-23H,13H2. The lowest BCUT2D eigenvalue weighted by molar-refractivity contribution is -0.124. The summed E-state index contributed by atoms with van der Waals surface area (Å²) in [6.45, 7) is 0. The second-order valence-electron chi connectivity index (χ2n) is 6.80. The van der Waals surface area contributed by atoms with Crippen LogP contribution in [0.2, 0.25) is 0 Å². The average molecular weight is 356 g/mol. The predicted octanol–water partition coefficient (Wildman–Crippen LogP) is 2.86. The van der Waals surface area contributed by atoms with E-state index >= 15 is 0 Å². The van der Waals surface area contributed by atoms with Crippen molar-refractivity contribution in [2.24, 2.45) is 0 Å². The number of hydrogen-bond acceptors (Lipinski definition) is 4. The van der Waals surface area contributed by atoms with Gasteiger partial charge in [0.2, 0.25) is 0 Å². The Labute approximate surface area is 156 Å². The highest BCUT2D eigenvalue weighted by atomic mass is 16.2. The van der Waals surface area contributed by atoms with Crippen LogP contribution in [0.25, 0.3) is 0 Å². The van der Waals surface area contributed by atoms with Crippen molar-refractivity contribution in [3.8, 4) is 0 Å². The van der Waals surface area contributed by atoms with Crippen molar-refractivity contribution in [3.63, 3.8) is 0 Å². The van der Waals surface area contributed by atoms with Crippen molar-refractivity contribution in [2.45, 2.75) is 18.3 Å². The van der Waals surface area contributed by atoms with E-state index in [1.807, 2.05) is 48.5 Å². The molecule has 4 heteroatoms. The molecule has 0 unspecified atom stereocenters. The van der Waals surface area contributed by atoms with Crippen LogP contribution in [0.3, 0.4) is 0 Å². The van der Waals surface area contributed by atoms with Gasteiger partial charge in [-0.2, -0.15) is 0 Å². The van der Waals surface area contributed by atoms with Crippen molar-refractivity contribution in [1.29, 1.82) is 0 Å². The van der Waals surface area contributed by atoms with Crippen molar-refractivity contribution < 1.29 is 19.2 Å². The number of carbonyl (C=O) groups excluding carboxylic acids is 4. The summed E-state index contributed by atoms with van der Waals surface area (Å²) < 4.78 is 0. The van der Waals surface area contributed by atoms with E-state index in [1.54, 1.807) is 0 Å². The van der Waals surface area contributed by atoms with Crippen molar-refractivity contribution in [1.82, 2.24) is 0 Å². The Morgan fingerprint density at radius 3 is 1.07 bits per heavy atom. The topological polar surface area (TPSA) is 68.3 Å². The summed E-state index contributed by atoms with van der Waals surface area (Å²) in [4.78, 5) is 47.2. The maximum atomic E-state index is 11.8. The van der Waals surface area contributed by atoms with E-state index in [0.717, 1.165) is 11.1 Å². The molecule has 0 spiro atoms. The van der Waals surface area contributed by atoms with Gasteiger partial charge in [-0.3, -0.25) is 19.2 Å². The fourth-order valence-electron chi connectivity index (χ4n) is 3.54. The third-order valence-corrected chi connectivity index (χ3v) is 5.00. The lowest BCUT2D eigenvalue weighted by Crippen LogP contribution is -2.13. The Hall–Kier alpha value is -3.40. The number of carbonyl (C=O) groups is 4. The van der Waals surface area contributed by atoms with Crippen LogP contribution in [-0.4, -0.2) is 23.1 Å². The van der Waals surface area contributed by atoms with E-state index in [-0.39, 0.29) is 23.1 Å². The zero-order valence-corrected chi connectivity index (χ0v) is 14.4. The minimum atomic E-state index is -0.701. The molecule has 2 aromatic carbocycles.